The largest absolute Gasteiger partial charge is 0.303 e. The summed E-state index contributed by atoms with van der Waals surface area (Å²) in [6, 6.07) is 10.1. The fourth-order valence-electron chi connectivity index (χ4n) is 2.16. The van der Waals surface area contributed by atoms with Gasteiger partial charge in [0.25, 0.3) is 0 Å². The van der Waals surface area contributed by atoms with Crippen LogP contribution in [0.3, 0.4) is 0 Å². The first-order valence-corrected chi connectivity index (χ1v) is 6.96. The van der Waals surface area contributed by atoms with E-state index in [1.165, 1.54) is 19.3 Å². The standard InChI is InChI=1S/C17H24O/c1-3-4-5-7-10-16(14-18)13-15(2)17-11-8-6-9-12-17/h6,8-9,11-12,14,16H,2-5,7,10,13H2,1H3/t16-/m1/s1. The highest BCUT2D eigenvalue weighted by molar-refractivity contribution is 5.67. The summed E-state index contributed by atoms with van der Waals surface area (Å²) in [7, 11) is 0. The van der Waals surface area contributed by atoms with Crippen molar-refractivity contribution in [3.8, 4) is 0 Å². The third-order valence-electron chi connectivity index (χ3n) is 3.31. The Morgan fingerprint density at radius 2 is 1.94 bits per heavy atom. The normalized spacial score (nSPS) is 12.1. The van der Waals surface area contributed by atoms with E-state index in [0.717, 1.165) is 36.7 Å². The number of carbonyl (C=O) groups excluding carboxylic acids is 1. The second-order valence-corrected chi connectivity index (χ2v) is 4.92. The minimum Gasteiger partial charge on any atom is -0.303 e. The molecule has 18 heavy (non-hydrogen) atoms. The molecule has 0 saturated carbocycles. The maximum atomic E-state index is 11.1. The zero-order valence-corrected chi connectivity index (χ0v) is 11.4. The van der Waals surface area contributed by atoms with Gasteiger partial charge in [0, 0.05) is 5.92 Å². The fraction of sp³-hybridized carbons (Fsp3) is 0.471. The highest BCUT2D eigenvalue weighted by atomic mass is 16.1. The minimum atomic E-state index is 0.134. The van der Waals surface area contributed by atoms with E-state index in [9.17, 15) is 4.79 Å². The van der Waals surface area contributed by atoms with Gasteiger partial charge in [-0.05, 0) is 24.0 Å². The van der Waals surface area contributed by atoms with Crippen molar-refractivity contribution in [3.05, 3.63) is 42.5 Å². The molecule has 1 rings (SSSR count). The van der Waals surface area contributed by atoms with Gasteiger partial charge in [-0.3, -0.25) is 0 Å². The van der Waals surface area contributed by atoms with Gasteiger partial charge in [0.15, 0.2) is 0 Å². The van der Waals surface area contributed by atoms with E-state index in [4.69, 9.17) is 0 Å². The molecule has 0 aliphatic rings. The molecular weight excluding hydrogens is 220 g/mol. The smallest absolute Gasteiger partial charge is 0.123 e. The first-order valence-electron chi connectivity index (χ1n) is 6.96. The zero-order chi connectivity index (χ0) is 13.2. The summed E-state index contributed by atoms with van der Waals surface area (Å²) >= 11 is 0. The minimum absolute atomic E-state index is 0.134. The van der Waals surface area contributed by atoms with Crippen LogP contribution in [0.1, 0.15) is 51.0 Å². The van der Waals surface area contributed by atoms with Gasteiger partial charge >= 0.3 is 0 Å². The molecule has 0 fully saturated rings. The summed E-state index contributed by atoms with van der Waals surface area (Å²) in [4.78, 5) is 11.1. The summed E-state index contributed by atoms with van der Waals surface area (Å²) in [6.45, 7) is 6.30. The topological polar surface area (TPSA) is 17.1 Å². The van der Waals surface area contributed by atoms with Crippen molar-refractivity contribution in [2.45, 2.75) is 45.4 Å². The van der Waals surface area contributed by atoms with Crippen molar-refractivity contribution in [3.63, 3.8) is 0 Å². The Morgan fingerprint density at radius 1 is 1.22 bits per heavy atom. The molecule has 0 amide bonds. The van der Waals surface area contributed by atoms with Crippen LogP contribution in [-0.4, -0.2) is 6.29 Å². The summed E-state index contributed by atoms with van der Waals surface area (Å²) in [5.74, 6) is 0.134. The van der Waals surface area contributed by atoms with E-state index in [-0.39, 0.29) is 5.92 Å². The number of benzene rings is 1. The molecule has 0 aliphatic carbocycles. The molecule has 1 atom stereocenters. The predicted octanol–water partition coefficient (Wildman–Crippen LogP) is 4.88. The van der Waals surface area contributed by atoms with Crippen molar-refractivity contribution in [1.29, 1.82) is 0 Å². The number of aldehydes is 1. The molecule has 1 nitrogen and oxygen atoms in total. The zero-order valence-electron chi connectivity index (χ0n) is 11.4. The third-order valence-corrected chi connectivity index (χ3v) is 3.31. The SMILES string of the molecule is C=C(C[C@H](C=O)CCCCCC)c1ccccc1. The number of unbranched alkanes of at least 4 members (excludes halogenated alkanes) is 3. The van der Waals surface area contributed by atoms with Crippen LogP contribution in [-0.2, 0) is 4.79 Å². The number of carbonyl (C=O) groups is 1. The van der Waals surface area contributed by atoms with Crippen molar-refractivity contribution >= 4 is 11.9 Å². The van der Waals surface area contributed by atoms with Gasteiger partial charge in [0.05, 0.1) is 0 Å². The van der Waals surface area contributed by atoms with Gasteiger partial charge in [-0.15, -0.1) is 0 Å². The molecule has 98 valence electrons. The lowest BCUT2D eigenvalue weighted by Gasteiger charge is -2.12. The van der Waals surface area contributed by atoms with E-state index in [0.29, 0.717) is 0 Å². The Morgan fingerprint density at radius 3 is 2.56 bits per heavy atom. The molecule has 0 radical (unpaired) electrons. The van der Waals surface area contributed by atoms with Crippen LogP contribution in [0.4, 0.5) is 0 Å². The van der Waals surface area contributed by atoms with Gasteiger partial charge in [-0.1, -0.05) is 69.5 Å². The van der Waals surface area contributed by atoms with Gasteiger partial charge < -0.3 is 4.79 Å². The molecule has 0 unspecified atom stereocenters. The lowest BCUT2D eigenvalue weighted by Crippen LogP contribution is -2.03. The third kappa shape index (κ3) is 5.31. The molecule has 0 aliphatic heterocycles. The van der Waals surface area contributed by atoms with Gasteiger partial charge in [-0.25, -0.2) is 0 Å². The van der Waals surface area contributed by atoms with Crippen LogP contribution in [0.25, 0.3) is 5.57 Å². The molecule has 0 spiro atoms. The van der Waals surface area contributed by atoms with Crippen LogP contribution in [0, 0.1) is 5.92 Å². The van der Waals surface area contributed by atoms with E-state index in [1.807, 2.05) is 18.2 Å². The van der Waals surface area contributed by atoms with Crippen LogP contribution in [0.5, 0.6) is 0 Å². The number of rotatable bonds is 9. The Kier molecular flexibility index (Phi) is 7.09. The molecular formula is C17H24O. The van der Waals surface area contributed by atoms with Crippen LogP contribution < -0.4 is 0 Å². The average Bonchev–Trinajstić information content (AvgIpc) is 2.43. The molecule has 0 aromatic heterocycles. The number of hydrogen-bond donors (Lipinski definition) is 0. The molecule has 0 N–H and O–H groups in total. The second kappa shape index (κ2) is 8.68. The average molecular weight is 244 g/mol. The van der Waals surface area contributed by atoms with Crippen molar-refractivity contribution in [1.82, 2.24) is 0 Å². The van der Waals surface area contributed by atoms with Gasteiger partial charge in [0.2, 0.25) is 0 Å². The Bertz CT molecular complexity index is 353. The maximum Gasteiger partial charge on any atom is 0.123 e. The number of hydrogen-bond acceptors (Lipinski definition) is 1. The molecule has 0 bridgehead atoms. The molecule has 0 heterocycles. The van der Waals surface area contributed by atoms with Crippen molar-refractivity contribution < 1.29 is 4.79 Å². The highest BCUT2D eigenvalue weighted by Crippen LogP contribution is 2.23. The Balaban J connectivity index is 2.38. The van der Waals surface area contributed by atoms with E-state index >= 15 is 0 Å². The molecule has 1 aromatic rings. The van der Waals surface area contributed by atoms with Gasteiger partial charge in [0.1, 0.15) is 6.29 Å². The monoisotopic (exact) mass is 244 g/mol. The molecule has 0 saturated heterocycles. The van der Waals surface area contributed by atoms with Gasteiger partial charge in [-0.2, -0.15) is 0 Å². The first kappa shape index (κ1) is 14.7. The van der Waals surface area contributed by atoms with Crippen molar-refractivity contribution in [2.75, 3.05) is 0 Å². The lowest BCUT2D eigenvalue weighted by molar-refractivity contribution is -0.111. The lowest BCUT2D eigenvalue weighted by atomic mass is 9.92. The summed E-state index contributed by atoms with van der Waals surface area (Å²) in [6.07, 6.45) is 7.78. The first-order chi connectivity index (χ1) is 8.77. The molecule has 1 aromatic carbocycles. The highest BCUT2D eigenvalue weighted by Gasteiger charge is 2.10. The summed E-state index contributed by atoms with van der Waals surface area (Å²) in [5, 5.41) is 0. The predicted molar refractivity (Wildman–Crippen MR) is 78.4 cm³/mol. The summed E-state index contributed by atoms with van der Waals surface area (Å²) < 4.78 is 0. The van der Waals surface area contributed by atoms with Crippen LogP contribution in [0.2, 0.25) is 0 Å². The van der Waals surface area contributed by atoms with Crippen LogP contribution >= 0.6 is 0 Å². The van der Waals surface area contributed by atoms with E-state index in [2.05, 4.69) is 25.6 Å². The fourth-order valence-corrected chi connectivity index (χ4v) is 2.16. The van der Waals surface area contributed by atoms with E-state index < -0.39 is 0 Å². The number of allylic oxidation sites excluding steroid dienone is 1. The van der Waals surface area contributed by atoms with Crippen LogP contribution in [0.15, 0.2) is 36.9 Å². The van der Waals surface area contributed by atoms with Crippen molar-refractivity contribution in [2.24, 2.45) is 5.92 Å². The molecule has 1 heteroatoms. The maximum absolute atomic E-state index is 11.1. The second-order valence-electron chi connectivity index (χ2n) is 4.92. The Labute approximate surface area is 111 Å². The van der Waals surface area contributed by atoms with E-state index in [1.54, 1.807) is 0 Å². The summed E-state index contributed by atoms with van der Waals surface area (Å²) in [5.41, 5.74) is 2.22. The quantitative estimate of drug-likeness (QED) is 0.447. The Hall–Kier alpha value is -1.37.